The highest BCUT2D eigenvalue weighted by Crippen LogP contribution is 2.49. The van der Waals surface area contributed by atoms with Crippen LogP contribution in [0.1, 0.15) is 17.3 Å². The lowest BCUT2D eigenvalue weighted by Crippen LogP contribution is -2.60. The zero-order valence-electron chi connectivity index (χ0n) is 35.7. The molecule has 0 fully saturated rings. The van der Waals surface area contributed by atoms with Crippen LogP contribution in [0, 0.1) is 0 Å². The van der Waals surface area contributed by atoms with E-state index in [-0.39, 0.29) is 79.4 Å². The number of hydrogen-bond acceptors (Lipinski definition) is 16. The van der Waals surface area contributed by atoms with E-state index in [0.29, 0.717) is 34.3 Å². The number of aliphatic imine (C=N–C) groups is 1. The van der Waals surface area contributed by atoms with Crippen LogP contribution in [0.3, 0.4) is 0 Å². The number of hydrogen-bond donors (Lipinski definition) is 12. The number of alkyl carbamates (subject to hydrolysis) is 1. The lowest BCUT2D eigenvalue weighted by molar-refractivity contribution is -0.126. The first kappa shape index (κ1) is 51.6. The van der Waals surface area contributed by atoms with Gasteiger partial charge in [-0.25, -0.2) is 14.6 Å². The first-order valence-electron chi connectivity index (χ1n) is 20.3. The number of guanidine groups is 1. The number of nitrogens with two attached hydrogens (primary N) is 2. The van der Waals surface area contributed by atoms with E-state index >= 15 is 0 Å². The summed E-state index contributed by atoms with van der Waals surface area (Å²) in [6.07, 6.45) is -5.59. The van der Waals surface area contributed by atoms with Gasteiger partial charge in [0.15, 0.2) is 28.7 Å². The van der Waals surface area contributed by atoms with Crippen LogP contribution < -0.4 is 38.2 Å². The van der Waals surface area contributed by atoms with Crippen LogP contribution in [0.15, 0.2) is 80.4 Å². The fraction of sp³-hybridized carbons (Fsp3) is 0.366. The van der Waals surface area contributed by atoms with Crippen LogP contribution in [0.5, 0.6) is 5.75 Å². The third-order valence-corrected chi connectivity index (χ3v) is 10.7. The number of phenolic OH excluding ortho intramolecular Hbond substituents is 1. The van der Waals surface area contributed by atoms with Gasteiger partial charge in [0.05, 0.1) is 63.9 Å². The maximum atomic E-state index is 12.7. The minimum Gasteiger partial charge on any atom is -0.508 e. The van der Waals surface area contributed by atoms with Crippen LogP contribution in [0.25, 0.3) is 33.4 Å². The number of fused-ring (bicyclic) bond motifs is 2. The van der Waals surface area contributed by atoms with Crippen LogP contribution in [0.2, 0.25) is 0 Å². The Morgan fingerprint density at radius 3 is 2.21 bits per heavy atom. The Kier molecular flexibility index (Phi) is 18.4. The maximum absolute atomic E-state index is 12.7. The third kappa shape index (κ3) is 14.5. The summed E-state index contributed by atoms with van der Waals surface area (Å²) in [5.41, 5.74) is 11.7. The number of rotatable bonds is 22. The van der Waals surface area contributed by atoms with E-state index in [1.54, 1.807) is 24.3 Å². The van der Waals surface area contributed by atoms with E-state index in [9.17, 15) is 54.0 Å². The van der Waals surface area contributed by atoms with E-state index in [0.717, 1.165) is 13.0 Å². The predicted octanol–water partition coefficient (Wildman–Crippen LogP) is 0.317. The van der Waals surface area contributed by atoms with E-state index in [4.69, 9.17) is 51.8 Å². The molecule has 0 saturated heterocycles. The Labute approximate surface area is 386 Å². The number of carboxylic acid groups (broad SMARTS) is 1. The number of ether oxygens (including phenoxy) is 5. The normalized spacial score (nSPS) is 16.8. The molecule has 0 bridgehead atoms. The highest BCUT2D eigenvalue weighted by molar-refractivity contribution is 7.80. The number of anilines is 1. The van der Waals surface area contributed by atoms with Crippen molar-refractivity contribution in [1.29, 1.82) is 0 Å². The average molecular weight is 976 g/mol. The van der Waals surface area contributed by atoms with Crippen LogP contribution in [0.4, 0.5) is 10.5 Å². The molecule has 2 aliphatic heterocycles. The number of phenols is 1. The van der Waals surface area contributed by atoms with Crippen LogP contribution in [-0.2, 0) is 33.0 Å². The number of carboxylic acids is 1. The number of aromatic hydroxyl groups is 1. The molecular formula is C41H50N7O17PS. The average Bonchev–Trinajstić information content (AvgIpc) is 3.25. The third-order valence-electron chi connectivity index (χ3n) is 9.63. The van der Waals surface area contributed by atoms with E-state index < -0.39 is 74.0 Å². The fourth-order valence-corrected chi connectivity index (χ4v) is 7.63. The Bertz CT molecular complexity index is 2550. The van der Waals surface area contributed by atoms with Crippen molar-refractivity contribution in [2.24, 2.45) is 16.5 Å². The minimum atomic E-state index is -5.10. The molecule has 26 heteroatoms. The second kappa shape index (κ2) is 23.9. The fourth-order valence-electron chi connectivity index (χ4n) is 6.80. The van der Waals surface area contributed by atoms with E-state index in [1.807, 2.05) is 0 Å². The van der Waals surface area contributed by atoms with Crippen molar-refractivity contribution in [2.75, 3.05) is 64.7 Å². The Balaban J connectivity index is 0.999. The van der Waals surface area contributed by atoms with Gasteiger partial charge < -0.3 is 91.0 Å². The smallest absolute Gasteiger partial charge is 0.407 e. The van der Waals surface area contributed by atoms with Crippen molar-refractivity contribution in [3.63, 3.8) is 0 Å². The highest BCUT2D eigenvalue weighted by atomic mass is 32.1. The Hall–Kier alpha value is -6.41. The van der Waals surface area contributed by atoms with Crippen molar-refractivity contribution in [3.05, 3.63) is 82.0 Å². The molecule has 2 aromatic rings. The number of amides is 2. The number of nitrogens with zero attached hydrogens (tertiary/aromatic N) is 1. The molecule has 5 rings (SSSR count). The second-order valence-electron chi connectivity index (χ2n) is 14.5. The summed E-state index contributed by atoms with van der Waals surface area (Å²) in [6, 6.07) is 10.7. The van der Waals surface area contributed by atoms with Gasteiger partial charge in [0, 0.05) is 54.3 Å². The molecule has 3 aliphatic rings. The summed E-state index contributed by atoms with van der Waals surface area (Å²) in [6.45, 7) is 1.35. The Morgan fingerprint density at radius 1 is 0.925 bits per heavy atom. The summed E-state index contributed by atoms with van der Waals surface area (Å²) in [4.78, 5) is 72.8. The molecule has 362 valence electrons. The van der Waals surface area contributed by atoms with Gasteiger partial charge in [-0.3, -0.25) is 14.2 Å². The molecular weight excluding hydrogens is 926 g/mol. The van der Waals surface area contributed by atoms with Gasteiger partial charge in [-0.05, 0) is 60.3 Å². The molecule has 1 unspecified atom stereocenters. The molecule has 0 aromatic heterocycles. The van der Waals surface area contributed by atoms with Crippen molar-refractivity contribution in [1.82, 2.24) is 16.0 Å². The summed E-state index contributed by atoms with van der Waals surface area (Å²) >= 11 is 5.39. The van der Waals surface area contributed by atoms with Gasteiger partial charge in [0.2, 0.25) is 11.4 Å². The summed E-state index contributed by atoms with van der Waals surface area (Å²) in [5, 5.41) is 52.0. The monoisotopic (exact) mass is 975 g/mol. The number of benzene rings is 3. The van der Waals surface area contributed by atoms with Crippen molar-refractivity contribution in [2.45, 2.75) is 37.3 Å². The zero-order valence-corrected chi connectivity index (χ0v) is 37.4. The lowest BCUT2D eigenvalue weighted by Gasteiger charge is -2.40. The number of carbonyl (C=O) groups is 3. The highest BCUT2D eigenvalue weighted by Gasteiger charge is 2.48. The molecule has 5 atom stereocenters. The molecule has 0 radical (unpaired) electrons. The van der Waals surface area contributed by atoms with E-state index in [1.165, 1.54) is 30.3 Å². The molecule has 14 N–H and O–H groups in total. The minimum absolute atomic E-state index is 0.00996. The quantitative estimate of drug-likeness (QED) is 0.0126. The molecule has 2 aromatic carbocycles. The van der Waals surface area contributed by atoms with Crippen molar-refractivity contribution in [3.8, 4) is 28.2 Å². The second-order valence-corrected chi connectivity index (χ2v) is 16.5. The summed E-state index contributed by atoms with van der Waals surface area (Å²) in [5.74, 6) is -2.21. The number of nitrogens with one attached hydrogen (secondary N) is 4. The van der Waals surface area contributed by atoms with Gasteiger partial charge in [-0.15, -0.1) is 0 Å². The van der Waals surface area contributed by atoms with Gasteiger partial charge >= 0.3 is 19.7 Å². The van der Waals surface area contributed by atoms with Crippen molar-refractivity contribution < 1.29 is 77.3 Å². The molecule has 0 saturated carbocycles. The number of aliphatic hydroxyl groups is 2. The Morgan fingerprint density at radius 2 is 1.58 bits per heavy atom. The SMILES string of the molecule is CC(=O)N[C@H]1C([C@H](OC(=O)NCCOCCOCCOCCNC(=S)Nc2ccc(-c3c4ccc(=O)cc-4oc4cc(O)ccc34)c(C(=O)O)c2)[C@H](O)CO)OC(P(=O)(O)O)=C[C@@H]1N=C(N)N. The number of aliphatic hydroxyl groups excluding tert-OH is 2. The van der Waals surface area contributed by atoms with Crippen LogP contribution in [-0.4, -0.2) is 149 Å². The van der Waals surface area contributed by atoms with Crippen molar-refractivity contribution >= 4 is 65.5 Å². The maximum Gasteiger partial charge on any atom is 0.407 e. The predicted molar refractivity (Wildman–Crippen MR) is 243 cm³/mol. The van der Waals surface area contributed by atoms with Gasteiger partial charge in [-0.1, -0.05) is 6.07 Å². The van der Waals surface area contributed by atoms with Gasteiger partial charge in [0.25, 0.3) is 0 Å². The number of aromatic carboxylic acids is 1. The lowest BCUT2D eigenvalue weighted by atomic mass is 9.90. The summed E-state index contributed by atoms with van der Waals surface area (Å²) < 4.78 is 45.2. The standard InChI is InChI=1S/C41H50N7O17PS/c1-21(50)46-35-29(48-39(42)43)19-33(66(57,58)59)64-37(35)36(30(53)20-49)65-41(56)45-9-11-61-13-15-62-14-12-60-10-8-44-40(67)47-22-2-5-25(28(16-22)38(54)55)34-26-6-3-23(51)17-31(26)63-32-18-24(52)4-7-27(32)34/h2-7,16-19,29-30,35-37,49,51,53H,8-15,20H2,1H3,(H,45,56)(H,46,50)(H,54,55)(H4,42,43,48)(H2,44,47,67)(H2,57,58,59)/t29-,30+,35+,36+,37?/m0/s1. The largest absolute Gasteiger partial charge is 0.508 e. The summed E-state index contributed by atoms with van der Waals surface area (Å²) in [7, 11) is -5.10. The van der Waals surface area contributed by atoms with Crippen LogP contribution >= 0.6 is 19.8 Å². The molecule has 1 aliphatic carbocycles. The first-order chi connectivity index (χ1) is 31.9. The first-order valence-corrected chi connectivity index (χ1v) is 22.3. The number of carbonyl (C=O) groups excluding carboxylic acids is 2. The molecule has 24 nitrogen and oxygen atoms in total. The number of thiocarbonyl (C=S) groups is 1. The van der Waals surface area contributed by atoms with E-state index in [2.05, 4.69) is 26.3 Å². The zero-order chi connectivity index (χ0) is 48.8. The molecule has 0 spiro atoms. The molecule has 67 heavy (non-hydrogen) atoms. The topological polar surface area (TPSA) is 379 Å². The van der Waals surface area contributed by atoms with Gasteiger partial charge in [0.1, 0.15) is 23.2 Å². The molecule has 2 heterocycles. The molecule has 2 amide bonds. The van der Waals surface area contributed by atoms with Gasteiger partial charge in [-0.2, -0.15) is 0 Å².